The van der Waals surface area contributed by atoms with E-state index in [2.05, 4.69) is 5.32 Å². The zero-order valence-corrected chi connectivity index (χ0v) is 11.2. The number of rotatable bonds is 3. The normalized spacial score (nSPS) is 14.6. The zero-order chi connectivity index (χ0) is 14.0. The van der Waals surface area contributed by atoms with Gasteiger partial charge in [-0.3, -0.25) is 0 Å². The van der Waals surface area contributed by atoms with Gasteiger partial charge in [0.25, 0.3) is 0 Å². The van der Waals surface area contributed by atoms with Crippen LogP contribution in [0, 0.1) is 5.41 Å². The van der Waals surface area contributed by atoms with Crippen LogP contribution in [-0.4, -0.2) is 6.54 Å². The van der Waals surface area contributed by atoms with Crippen molar-refractivity contribution in [3.05, 3.63) is 35.4 Å². The summed E-state index contributed by atoms with van der Waals surface area (Å²) in [5.41, 5.74) is -0.213. The minimum Gasteiger partial charge on any atom is -0.310 e. The summed E-state index contributed by atoms with van der Waals surface area (Å²) in [6.07, 6.45) is -4.30. The minimum absolute atomic E-state index is 0.0431. The van der Waals surface area contributed by atoms with Gasteiger partial charge in [0.15, 0.2) is 0 Å². The largest absolute Gasteiger partial charge is 0.416 e. The maximum Gasteiger partial charge on any atom is 0.416 e. The Hall–Kier alpha value is -1.03. The van der Waals surface area contributed by atoms with Crippen LogP contribution in [0.15, 0.2) is 24.3 Å². The Morgan fingerprint density at radius 3 is 2.17 bits per heavy atom. The standard InChI is InChI=1S/C14H20F3N/c1-10(18-9-13(2,3)4)11-7-5-6-8-12(11)14(15,16)17/h5-8,10,18H,9H2,1-4H3. The van der Waals surface area contributed by atoms with Gasteiger partial charge in [-0.15, -0.1) is 0 Å². The summed E-state index contributed by atoms with van der Waals surface area (Å²) in [5, 5.41) is 3.15. The zero-order valence-electron chi connectivity index (χ0n) is 11.2. The molecule has 1 nitrogen and oxygen atoms in total. The molecule has 4 heteroatoms. The van der Waals surface area contributed by atoms with Crippen LogP contribution in [0.1, 0.15) is 44.9 Å². The Kier molecular flexibility index (Phi) is 4.43. The predicted octanol–water partition coefficient (Wildman–Crippen LogP) is 4.40. The van der Waals surface area contributed by atoms with Crippen molar-refractivity contribution < 1.29 is 13.2 Å². The molecule has 0 saturated heterocycles. The molecule has 1 aromatic rings. The highest BCUT2D eigenvalue weighted by Crippen LogP contribution is 2.34. The number of alkyl halides is 3. The SMILES string of the molecule is CC(NCC(C)(C)C)c1ccccc1C(F)(F)F. The second kappa shape index (κ2) is 5.31. The van der Waals surface area contributed by atoms with E-state index >= 15 is 0 Å². The molecule has 0 amide bonds. The fraction of sp³-hybridized carbons (Fsp3) is 0.571. The van der Waals surface area contributed by atoms with Crippen LogP contribution in [0.25, 0.3) is 0 Å². The van der Waals surface area contributed by atoms with E-state index < -0.39 is 11.7 Å². The Morgan fingerprint density at radius 2 is 1.67 bits per heavy atom. The topological polar surface area (TPSA) is 12.0 Å². The Labute approximate surface area is 106 Å². The molecule has 1 N–H and O–H groups in total. The molecule has 1 unspecified atom stereocenters. The van der Waals surface area contributed by atoms with Gasteiger partial charge in [0.2, 0.25) is 0 Å². The van der Waals surface area contributed by atoms with Crippen molar-refractivity contribution in [1.82, 2.24) is 5.32 Å². The molecule has 1 rings (SSSR count). The Bertz CT molecular complexity index is 391. The third-order valence-electron chi connectivity index (χ3n) is 2.67. The van der Waals surface area contributed by atoms with Crippen LogP contribution < -0.4 is 5.32 Å². The average molecular weight is 259 g/mol. The second-order valence-electron chi connectivity index (χ2n) is 5.75. The van der Waals surface area contributed by atoms with Gasteiger partial charge in [0, 0.05) is 12.6 Å². The van der Waals surface area contributed by atoms with Crippen LogP contribution in [0.5, 0.6) is 0 Å². The molecule has 0 saturated carbocycles. The van der Waals surface area contributed by atoms with Gasteiger partial charge in [0.05, 0.1) is 5.56 Å². The highest BCUT2D eigenvalue weighted by atomic mass is 19.4. The minimum atomic E-state index is -4.30. The molecule has 0 aliphatic carbocycles. The molecule has 0 bridgehead atoms. The number of hydrogen-bond donors (Lipinski definition) is 1. The van der Waals surface area contributed by atoms with Crippen LogP contribution >= 0.6 is 0 Å². The van der Waals surface area contributed by atoms with Crippen LogP contribution in [0.4, 0.5) is 13.2 Å². The third kappa shape index (κ3) is 4.33. The molecule has 1 atom stereocenters. The molecule has 0 aliphatic rings. The smallest absolute Gasteiger partial charge is 0.310 e. The summed E-state index contributed by atoms with van der Waals surface area (Å²) in [5.74, 6) is 0. The molecule has 0 aromatic heterocycles. The number of halogens is 3. The molecular formula is C14H20F3N. The highest BCUT2D eigenvalue weighted by Gasteiger charge is 2.34. The average Bonchev–Trinajstić information content (AvgIpc) is 2.24. The lowest BCUT2D eigenvalue weighted by molar-refractivity contribution is -0.138. The van der Waals surface area contributed by atoms with Crippen molar-refractivity contribution in [2.24, 2.45) is 5.41 Å². The predicted molar refractivity (Wildman–Crippen MR) is 67.3 cm³/mol. The van der Waals surface area contributed by atoms with Crippen molar-refractivity contribution >= 4 is 0 Å². The summed E-state index contributed by atoms with van der Waals surface area (Å²) in [4.78, 5) is 0. The monoisotopic (exact) mass is 259 g/mol. The van der Waals surface area contributed by atoms with Gasteiger partial charge < -0.3 is 5.32 Å². The quantitative estimate of drug-likeness (QED) is 0.848. The summed E-state index contributed by atoms with van der Waals surface area (Å²) in [6.45, 7) is 8.56. The molecule has 0 fully saturated rings. The first kappa shape index (κ1) is 15.0. The van der Waals surface area contributed by atoms with Crippen molar-refractivity contribution in [3.63, 3.8) is 0 Å². The highest BCUT2D eigenvalue weighted by molar-refractivity contribution is 5.32. The summed E-state index contributed by atoms with van der Waals surface area (Å²) < 4.78 is 38.6. The second-order valence-corrected chi connectivity index (χ2v) is 5.75. The van der Waals surface area contributed by atoms with Crippen molar-refractivity contribution in [3.8, 4) is 0 Å². The van der Waals surface area contributed by atoms with Gasteiger partial charge in [0.1, 0.15) is 0 Å². The van der Waals surface area contributed by atoms with Gasteiger partial charge in [-0.2, -0.15) is 13.2 Å². The molecule has 102 valence electrons. The van der Waals surface area contributed by atoms with E-state index in [0.29, 0.717) is 12.1 Å². The first-order valence-corrected chi connectivity index (χ1v) is 6.01. The first-order valence-electron chi connectivity index (χ1n) is 6.01. The summed E-state index contributed by atoms with van der Waals surface area (Å²) >= 11 is 0. The van der Waals surface area contributed by atoms with E-state index in [0.717, 1.165) is 6.07 Å². The van der Waals surface area contributed by atoms with E-state index in [4.69, 9.17) is 0 Å². The van der Waals surface area contributed by atoms with Gasteiger partial charge in [-0.1, -0.05) is 39.0 Å². The van der Waals surface area contributed by atoms with Crippen LogP contribution in [-0.2, 0) is 6.18 Å². The maximum absolute atomic E-state index is 12.9. The van der Waals surface area contributed by atoms with E-state index in [9.17, 15) is 13.2 Å². The lowest BCUT2D eigenvalue weighted by Crippen LogP contribution is -2.30. The first-order chi connectivity index (χ1) is 8.11. The molecular weight excluding hydrogens is 239 g/mol. The number of benzene rings is 1. The lowest BCUT2D eigenvalue weighted by atomic mass is 9.95. The van der Waals surface area contributed by atoms with Gasteiger partial charge in [-0.25, -0.2) is 0 Å². The Balaban J connectivity index is 2.89. The van der Waals surface area contributed by atoms with Crippen molar-refractivity contribution in [2.45, 2.75) is 39.9 Å². The summed E-state index contributed by atoms with van der Waals surface area (Å²) in [7, 11) is 0. The maximum atomic E-state index is 12.9. The molecule has 18 heavy (non-hydrogen) atoms. The van der Waals surface area contributed by atoms with Crippen molar-refractivity contribution in [2.75, 3.05) is 6.54 Å². The van der Waals surface area contributed by atoms with E-state index in [1.165, 1.54) is 12.1 Å². The fourth-order valence-electron chi connectivity index (χ4n) is 1.70. The molecule has 1 aromatic carbocycles. The Morgan fingerprint density at radius 1 is 1.11 bits per heavy atom. The molecule has 0 radical (unpaired) electrons. The van der Waals surface area contributed by atoms with Crippen LogP contribution in [0.3, 0.4) is 0 Å². The molecule has 0 spiro atoms. The van der Waals surface area contributed by atoms with Crippen LogP contribution in [0.2, 0.25) is 0 Å². The molecule has 0 heterocycles. The van der Waals surface area contributed by atoms with Gasteiger partial charge >= 0.3 is 6.18 Å². The number of hydrogen-bond acceptors (Lipinski definition) is 1. The molecule has 0 aliphatic heterocycles. The van der Waals surface area contributed by atoms with E-state index in [1.807, 2.05) is 20.8 Å². The number of nitrogens with one attached hydrogen (secondary N) is 1. The fourth-order valence-corrected chi connectivity index (χ4v) is 1.70. The van der Waals surface area contributed by atoms with E-state index in [-0.39, 0.29) is 11.5 Å². The van der Waals surface area contributed by atoms with Gasteiger partial charge in [-0.05, 0) is 24.0 Å². The lowest BCUT2D eigenvalue weighted by Gasteiger charge is -2.24. The van der Waals surface area contributed by atoms with Crippen molar-refractivity contribution in [1.29, 1.82) is 0 Å². The summed E-state index contributed by atoms with van der Waals surface area (Å²) in [6, 6.07) is 5.40. The van der Waals surface area contributed by atoms with E-state index in [1.54, 1.807) is 13.0 Å². The third-order valence-corrected chi connectivity index (χ3v) is 2.67.